The summed E-state index contributed by atoms with van der Waals surface area (Å²) in [5.74, 6) is -7.36. The number of aliphatic hydroxyl groups excluding tert-OH is 1. The third-order valence-corrected chi connectivity index (χ3v) is 10.2. The van der Waals surface area contributed by atoms with Gasteiger partial charge in [0, 0.05) is 62.3 Å². The van der Waals surface area contributed by atoms with Gasteiger partial charge < -0.3 is 77.9 Å². The van der Waals surface area contributed by atoms with E-state index in [9.17, 15) is 48.3 Å². The Morgan fingerprint density at radius 3 is 1.25 bits per heavy atom. The molecule has 0 radical (unpaired) electrons. The minimum Gasteiger partial charge on any atom is -0.463 e. The molecule has 68 heavy (non-hydrogen) atoms. The van der Waals surface area contributed by atoms with E-state index in [4.69, 9.17) is 56.8 Å². The van der Waals surface area contributed by atoms with Gasteiger partial charge in [-0.25, -0.2) is 0 Å². The number of benzene rings is 1. The number of esters is 6. The fourth-order valence-corrected chi connectivity index (χ4v) is 7.76. The van der Waals surface area contributed by atoms with E-state index in [1.165, 1.54) is 0 Å². The molecule has 378 valence electrons. The van der Waals surface area contributed by atoms with Crippen LogP contribution in [0.2, 0.25) is 0 Å². The van der Waals surface area contributed by atoms with Crippen LogP contribution in [0.5, 0.6) is 0 Å². The first-order valence-electron chi connectivity index (χ1n) is 21.4. The van der Waals surface area contributed by atoms with Crippen LogP contribution in [-0.4, -0.2) is 170 Å². The fourth-order valence-electron chi connectivity index (χ4n) is 7.76. The lowest BCUT2D eigenvalue weighted by atomic mass is 9.93. The van der Waals surface area contributed by atoms with Crippen molar-refractivity contribution >= 4 is 53.5 Å². The van der Waals surface area contributed by atoms with Gasteiger partial charge in [0.1, 0.15) is 61.9 Å². The predicted octanol–water partition coefficient (Wildman–Crippen LogP) is -1.49. The molecule has 4 N–H and O–H groups in total. The molecule has 0 unspecified atom stereocenters. The van der Waals surface area contributed by atoms with Crippen molar-refractivity contribution in [2.75, 3.05) is 19.8 Å². The molecule has 3 fully saturated rings. The average molecular weight is 970 g/mol. The van der Waals surface area contributed by atoms with Crippen LogP contribution in [0, 0.1) is 0 Å². The Hall–Kier alpha value is -5.83. The number of hydrogen-bond donors (Lipinski definition) is 4. The zero-order valence-corrected chi connectivity index (χ0v) is 38.9. The van der Waals surface area contributed by atoms with Crippen molar-refractivity contribution in [2.24, 2.45) is 0 Å². The van der Waals surface area contributed by atoms with Crippen molar-refractivity contribution in [1.82, 2.24) is 16.0 Å². The Labute approximate surface area is 390 Å². The van der Waals surface area contributed by atoms with Gasteiger partial charge in [0.25, 0.3) is 0 Å². The van der Waals surface area contributed by atoms with Crippen molar-refractivity contribution in [2.45, 2.75) is 161 Å². The molecule has 25 nitrogen and oxygen atoms in total. The van der Waals surface area contributed by atoms with Crippen molar-refractivity contribution in [1.29, 1.82) is 0 Å². The topological polar surface area (TPSA) is 321 Å². The van der Waals surface area contributed by atoms with Crippen LogP contribution >= 0.6 is 0 Å². The van der Waals surface area contributed by atoms with E-state index in [0.717, 1.165) is 62.3 Å². The van der Waals surface area contributed by atoms with E-state index in [0.29, 0.717) is 5.56 Å². The Balaban J connectivity index is 1.95. The number of ether oxygens (including phenoxy) is 12. The van der Waals surface area contributed by atoms with Crippen LogP contribution in [0.25, 0.3) is 0 Å². The predicted molar refractivity (Wildman–Crippen MR) is 222 cm³/mol. The summed E-state index contributed by atoms with van der Waals surface area (Å²) in [6, 6.07) is 4.09. The first kappa shape index (κ1) is 54.8. The third kappa shape index (κ3) is 16.2. The molecule has 3 heterocycles. The highest BCUT2D eigenvalue weighted by Crippen LogP contribution is 2.36. The maximum atomic E-state index is 12.9. The highest BCUT2D eigenvalue weighted by atomic mass is 16.8. The zero-order chi connectivity index (χ0) is 50.4. The van der Waals surface area contributed by atoms with E-state index in [2.05, 4.69) is 16.0 Å². The molecule has 0 aromatic heterocycles. The van der Waals surface area contributed by atoms with Gasteiger partial charge >= 0.3 is 35.8 Å². The first-order valence-corrected chi connectivity index (χ1v) is 21.4. The Kier molecular flexibility index (Phi) is 20.5. The number of nitrogens with one attached hydrogen (secondary N) is 3. The summed E-state index contributed by atoms with van der Waals surface area (Å²) in [6.45, 7) is 8.01. The van der Waals surface area contributed by atoms with Gasteiger partial charge in [-0.1, -0.05) is 30.3 Å². The van der Waals surface area contributed by atoms with Crippen LogP contribution in [0.4, 0.5) is 0 Å². The highest BCUT2D eigenvalue weighted by Gasteiger charge is 2.58. The van der Waals surface area contributed by atoms with Crippen LogP contribution in [-0.2, 0) is 107 Å². The standard InChI is InChI=1S/C43H59N3O22/c1-19(47)44-32-38(68-43-34(46-21(3)49)40(63-27(9)55)36(61-25(7)53)31(66-43)18-59-23(5)51)37(29(64-41(32)56)16-57-15-28-13-11-10-12-14-28)67-42-33(45-20(2)48)39(62-26(8)54)35(60-24(6)52)30(65-42)17-58-22(4)50/h10-14,29-43,56H,15-18H2,1-9H3,(H,44,47)(H,45,48)(H,46,49)/t29-,30-,31-,32-,33-,34-,35+,36+,37+,38-,39-,40-,41+,42+,43+/m1/s1. The Morgan fingerprint density at radius 2 is 0.853 bits per heavy atom. The smallest absolute Gasteiger partial charge is 0.303 e. The van der Waals surface area contributed by atoms with E-state index in [-0.39, 0.29) is 6.61 Å². The zero-order valence-electron chi connectivity index (χ0n) is 38.9. The number of amides is 3. The van der Waals surface area contributed by atoms with Gasteiger partial charge in [-0.3, -0.25) is 43.2 Å². The summed E-state index contributed by atoms with van der Waals surface area (Å²) in [5, 5.41) is 19.4. The van der Waals surface area contributed by atoms with Gasteiger partial charge in [0.15, 0.2) is 43.3 Å². The maximum Gasteiger partial charge on any atom is 0.303 e. The second kappa shape index (κ2) is 25.5. The molecule has 3 saturated heterocycles. The molecule has 4 rings (SSSR count). The summed E-state index contributed by atoms with van der Waals surface area (Å²) in [7, 11) is 0. The van der Waals surface area contributed by atoms with Gasteiger partial charge in [-0.15, -0.1) is 0 Å². The number of carbonyl (C=O) groups excluding carboxylic acids is 9. The van der Waals surface area contributed by atoms with E-state index in [1.54, 1.807) is 30.3 Å². The minimum atomic E-state index is -1.94. The van der Waals surface area contributed by atoms with Crippen molar-refractivity contribution in [3.05, 3.63) is 35.9 Å². The lowest BCUT2D eigenvalue weighted by molar-refractivity contribution is -0.357. The molecule has 3 amide bonds. The minimum absolute atomic E-state index is 0.0164. The van der Waals surface area contributed by atoms with Gasteiger partial charge in [0.05, 0.1) is 13.2 Å². The van der Waals surface area contributed by atoms with E-state index >= 15 is 0 Å². The molecular weight excluding hydrogens is 910 g/mol. The molecule has 3 aliphatic heterocycles. The molecule has 3 aliphatic rings. The molecule has 0 bridgehead atoms. The summed E-state index contributed by atoms with van der Waals surface area (Å²) < 4.78 is 70.9. The molecule has 25 heteroatoms. The summed E-state index contributed by atoms with van der Waals surface area (Å²) in [4.78, 5) is 113. The second-order valence-corrected chi connectivity index (χ2v) is 15.9. The number of hydrogen-bond acceptors (Lipinski definition) is 22. The number of rotatable bonds is 19. The SMILES string of the molecule is CC(=O)N[C@@H]1[C@@H](O[C@@H]2O[C@H](COC(C)=O)[C@H](OC(C)=O)[C@H](OC(C)=O)[C@H]2NC(C)=O)[C@@H](O[C@@H]2O[C@H](COC(C)=O)[C@H](OC(C)=O)[C@H](OC(C)=O)[C@H]2NC(C)=O)[C@@H](COCc2ccccc2)O[C@@H]1O. The molecule has 1 aromatic carbocycles. The number of aliphatic hydroxyl groups is 1. The monoisotopic (exact) mass is 969 g/mol. The van der Waals surface area contributed by atoms with Gasteiger partial charge in [-0.05, 0) is 5.56 Å². The quantitative estimate of drug-likeness (QED) is 0.0906. The summed E-state index contributed by atoms with van der Waals surface area (Å²) >= 11 is 0. The van der Waals surface area contributed by atoms with Crippen molar-refractivity contribution in [3.63, 3.8) is 0 Å². The Bertz CT molecular complexity index is 1950. The third-order valence-electron chi connectivity index (χ3n) is 10.2. The number of carbonyl (C=O) groups is 9. The van der Waals surface area contributed by atoms with Crippen molar-refractivity contribution in [3.8, 4) is 0 Å². The molecule has 1 aromatic rings. The summed E-state index contributed by atoms with van der Waals surface area (Å²) in [6.07, 6.45) is -19.7. The van der Waals surface area contributed by atoms with Crippen LogP contribution in [0.1, 0.15) is 67.9 Å². The van der Waals surface area contributed by atoms with Crippen molar-refractivity contribution < 1.29 is 105 Å². The maximum absolute atomic E-state index is 12.9. The van der Waals surface area contributed by atoms with E-state index in [1.807, 2.05) is 0 Å². The van der Waals surface area contributed by atoms with E-state index < -0.39 is 165 Å². The fraction of sp³-hybridized carbons (Fsp3) is 0.651. The normalized spacial score (nSPS) is 31.1. The van der Waals surface area contributed by atoms with Gasteiger partial charge in [0.2, 0.25) is 17.7 Å². The average Bonchev–Trinajstić information content (AvgIpc) is 3.22. The van der Waals surface area contributed by atoms with Crippen LogP contribution in [0.3, 0.4) is 0 Å². The Morgan fingerprint density at radius 1 is 0.471 bits per heavy atom. The van der Waals surface area contributed by atoms with Crippen LogP contribution < -0.4 is 16.0 Å². The van der Waals surface area contributed by atoms with Gasteiger partial charge in [-0.2, -0.15) is 0 Å². The molecular formula is C43H59N3O22. The molecule has 0 spiro atoms. The first-order chi connectivity index (χ1) is 32.0. The largest absolute Gasteiger partial charge is 0.463 e. The lowest BCUT2D eigenvalue weighted by Gasteiger charge is -2.51. The molecule has 15 atom stereocenters. The van der Waals surface area contributed by atoms with Crippen LogP contribution in [0.15, 0.2) is 30.3 Å². The molecule has 0 aliphatic carbocycles. The molecule has 0 saturated carbocycles. The second-order valence-electron chi connectivity index (χ2n) is 15.9. The highest BCUT2D eigenvalue weighted by molar-refractivity contribution is 5.75. The summed E-state index contributed by atoms with van der Waals surface area (Å²) in [5.41, 5.74) is 0.715. The lowest BCUT2D eigenvalue weighted by Crippen LogP contribution is -2.72.